The van der Waals surface area contributed by atoms with Gasteiger partial charge in [0.05, 0.1) is 0 Å². The Morgan fingerprint density at radius 1 is 1.08 bits per heavy atom. The molecule has 1 unspecified atom stereocenters. The molecule has 0 aromatic heterocycles. The van der Waals surface area contributed by atoms with E-state index in [0.717, 1.165) is 12.8 Å². The van der Waals surface area contributed by atoms with Crippen LogP contribution in [0.3, 0.4) is 0 Å². The Hall–Kier alpha value is -0.330. The van der Waals surface area contributed by atoms with Crippen molar-refractivity contribution in [1.29, 1.82) is 0 Å². The van der Waals surface area contributed by atoms with Crippen molar-refractivity contribution in [3.05, 3.63) is 0 Å². The van der Waals surface area contributed by atoms with Crippen molar-refractivity contribution in [2.45, 2.75) is 52.9 Å². The highest BCUT2D eigenvalue weighted by Crippen LogP contribution is 2.43. The Kier molecular flexibility index (Phi) is 3.52. The molecule has 0 aliphatic heterocycles. The van der Waals surface area contributed by atoms with E-state index >= 15 is 0 Å². The normalized spacial score (nSPS) is 24.3. The van der Waals surface area contributed by atoms with Crippen LogP contribution in [0.1, 0.15) is 52.9 Å². The summed E-state index contributed by atoms with van der Waals surface area (Å²) in [6.45, 7) is 6.69. The van der Waals surface area contributed by atoms with Crippen LogP contribution in [-0.4, -0.2) is 6.29 Å². The number of carbonyl (C=O) groups is 1. The monoisotopic (exact) mass is 182 g/mol. The lowest BCUT2D eigenvalue weighted by Crippen LogP contribution is -2.35. The van der Waals surface area contributed by atoms with Gasteiger partial charge in [0.1, 0.15) is 6.29 Å². The lowest BCUT2D eigenvalue weighted by molar-refractivity contribution is -0.122. The summed E-state index contributed by atoms with van der Waals surface area (Å²) in [5.74, 6) is 1.17. The van der Waals surface area contributed by atoms with E-state index in [1.807, 2.05) is 0 Å². The first-order chi connectivity index (χ1) is 6.12. The molecule has 1 aliphatic carbocycles. The minimum atomic E-state index is 0.0203. The van der Waals surface area contributed by atoms with Crippen molar-refractivity contribution in [1.82, 2.24) is 0 Å². The van der Waals surface area contributed by atoms with E-state index in [2.05, 4.69) is 20.8 Å². The molecule has 0 aromatic rings. The zero-order chi connectivity index (χ0) is 9.90. The zero-order valence-electron chi connectivity index (χ0n) is 9.18. The van der Waals surface area contributed by atoms with Crippen LogP contribution < -0.4 is 0 Å². The molecule has 1 fully saturated rings. The Bertz CT molecular complexity index is 166. The molecule has 76 valence electrons. The van der Waals surface area contributed by atoms with Crippen molar-refractivity contribution in [3.63, 3.8) is 0 Å². The summed E-state index contributed by atoms with van der Waals surface area (Å²) in [5.41, 5.74) is 0.0203. The quantitative estimate of drug-likeness (QED) is 0.611. The highest BCUT2D eigenvalue weighted by atomic mass is 16.1. The Labute approximate surface area is 81.9 Å². The summed E-state index contributed by atoms with van der Waals surface area (Å²) >= 11 is 0. The second kappa shape index (κ2) is 4.26. The van der Waals surface area contributed by atoms with E-state index in [4.69, 9.17) is 0 Å². The SMILES string of the molecule is CC(C)C(C)C1(C=O)CCCCC1. The van der Waals surface area contributed by atoms with Gasteiger partial charge in [-0.15, -0.1) is 0 Å². The molecule has 1 atom stereocenters. The molecule has 0 saturated heterocycles. The lowest BCUT2D eigenvalue weighted by atomic mass is 9.64. The van der Waals surface area contributed by atoms with Crippen molar-refractivity contribution in [2.24, 2.45) is 17.3 Å². The Balaban J connectivity index is 2.72. The molecule has 1 nitrogen and oxygen atoms in total. The van der Waals surface area contributed by atoms with Gasteiger partial charge in [-0.2, -0.15) is 0 Å². The molecule has 0 spiro atoms. The third-order valence-electron chi connectivity index (χ3n) is 3.93. The first-order valence-corrected chi connectivity index (χ1v) is 5.59. The summed E-state index contributed by atoms with van der Waals surface area (Å²) in [7, 11) is 0. The zero-order valence-corrected chi connectivity index (χ0v) is 9.18. The number of hydrogen-bond donors (Lipinski definition) is 0. The first-order valence-electron chi connectivity index (χ1n) is 5.59. The Morgan fingerprint density at radius 3 is 2.00 bits per heavy atom. The molecule has 0 radical (unpaired) electrons. The topological polar surface area (TPSA) is 17.1 Å². The molecular formula is C12H22O. The van der Waals surface area contributed by atoms with Gasteiger partial charge in [-0.05, 0) is 24.7 Å². The van der Waals surface area contributed by atoms with Crippen molar-refractivity contribution in [3.8, 4) is 0 Å². The summed E-state index contributed by atoms with van der Waals surface area (Å²) in [4.78, 5) is 11.2. The van der Waals surface area contributed by atoms with Crippen LogP contribution >= 0.6 is 0 Å². The summed E-state index contributed by atoms with van der Waals surface area (Å²) < 4.78 is 0. The average Bonchev–Trinajstić information content (AvgIpc) is 2.17. The second-order valence-corrected chi connectivity index (χ2v) is 4.94. The van der Waals surface area contributed by atoms with Gasteiger partial charge in [0.15, 0.2) is 0 Å². The van der Waals surface area contributed by atoms with Crippen molar-refractivity contribution < 1.29 is 4.79 Å². The molecule has 0 bridgehead atoms. The molecule has 0 heterocycles. The smallest absolute Gasteiger partial charge is 0.126 e. The van der Waals surface area contributed by atoms with Crippen LogP contribution in [0, 0.1) is 17.3 Å². The Morgan fingerprint density at radius 2 is 1.62 bits per heavy atom. The van der Waals surface area contributed by atoms with Gasteiger partial charge < -0.3 is 4.79 Å². The predicted molar refractivity (Wildman–Crippen MR) is 55.6 cm³/mol. The molecule has 0 N–H and O–H groups in total. The third kappa shape index (κ3) is 2.12. The van der Waals surface area contributed by atoms with E-state index in [1.165, 1.54) is 25.5 Å². The van der Waals surface area contributed by atoms with Crippen LogP contribution in [0.4, 0.5) is 0 Å². The van der Waals surface area contributed by atoms with Crippen molar-refractivity contribution >= 4 is 6.29 Å². The third-order valence-corrected chi connectivity index (χ3v) is 3.93. The van der Waals surface area contributed by atoms with Gasteiger partial charge in [0.2, 0.25) is 0 Å². The van der Waals surface area contributed by atoms with Gasteiger partial charge in [0.25, 0.3) is 0 Å². The van der Waals surface area contributed by atoms with Gasteiger partial charge >= 0.3 is 0 Å². The van der Waals surface area contributed by atoms with Crippen molar-refractivity contribution in [2.75, 3.05) is 0 Å². The highest BCUT2D eigenvalue weighted by Gasteiger charge is 2.38. The molecule has 1 saturated carbocycles. The molecule has 0 amide bonds. The minimum Gasteiger partial charge on any atom is -0.303 e. The van der Waals surface area contributed by atoms with E-state index in [1.54, 1.807) is 0 Å². The summed E-state index contributed by atoms with van der Waals surface area (Å²) in [6, 6.07) is 0. The highest BCUT2D eigenvalue weighted by molar-refractivity contribution is 5.60. The fourth-order valence-corrected chi connectivity index (χ4v) is 2.55. The lowest BCUT2D eigenvalue weighted by Gasteiger charge is -2.39. The number of aldehydes is 1. The van der Waals surface area contributed by atoms with Crippen LogP contribution in [0.5, 0.6) is 0 Å². The maximum absolute atomic E-state index is 11.2. The predicted octanol–water partition coefficient (Wildman–Crippen LogP) is 3.43. The molecule has 1 aliphatic rings. The van der Waals surface area contributed by atoms with Crippen LogP contribution in [0.25, 0.3) is 0 Å². The molecular weight excluding hydrogens is 160 g/mol. The average molecular weight is 182 g/mol. The van der Waals surface area contributed by atoms with E-state index in [9.17, 15) is 4.79 Å². The second-order valence-electron chi connectivity index (χ2n) is 4.94. The maximum atomic E-state index is 11.2. The summed E-state index contributed by atoms with van der Waals surface area (Å²) in [5, 5.41) is 0. The molecule has 13 heavy (non-hydrogen) atoms. The van der Waals surface area contributed by atoms with Crippen LogP contribution in [-0.2, 0) is 4.79 Å². The fourth-order valence-electron chi connectivity index (χ4n) is 2.55. The largest absolute Gasteiger partial charge is 0.303 e. The van der Waals surface area contributed by atoms with E-state index < -0.39 is 0 Å². The van der Waals surface area contributed by atoms with Gasteiger partial charge in [0, 0.05) is 5.41 Å². The number of rotatable bonds is 3. The van der Waals surface area contributed by atoms with Gasteiger partial charge in [-0.1, -0.05) is 40.0 Å². The first kappa shape index (κ1) is 10.7. The number of hydrogen-bond acceptors (Lipinski definition) is 1. The molecule has 0 aromatic carbocycles. The maximum Gasteiger partial charge on any atom is 0.126 e. The van der Waals surface area contributed by atoms with E-state index in [-0.39, 0.29) is 5.41 Å². The molecule has 1 heteroatoms. The van der Waals surface area contributed by atoms with Crippen LogP contribution in [0.15, 0.2) is 0 Å². The van der Waals surface area contributed by atoms with Gasteiger partial charge in [-0.25, -0.2) is 0 Å². The fraction of sp³-hybridized carbons (Fsp3) is 0.917. The van der Waals surface area contributed by atoms with E-state index in [0.29, 0.717) is 11.8 Å². The van der Waals surface area contributed by atoms with Gasteiger partial charge in [-0.3, -0.25) is 0 Å². The molecule has 1 rings (SSSR count). The number of carbonyl (C=O) groups excluding carboxylic acids is 1. The summed E-state index contributed by atoms with van der Waals surface area (Å²) in [6.07, 6.45) is 7.30. The standard InChI is InChI=1S/C12H22O/c1-10(2)11(3)12(9-13)7-5-4-6-8-12/h9-11H,4-8H2,1-3H3. The minimum absolute atomic E-state index is 0.0203. The van der Waals surface area contributed by atoms with Crippen LogP contribution in [0.2, 0.25) is 0 Å².